The number of hydrogen-bond acceptors (Lipinski definition) is 3. The highest BCUT2D eigenvalue weighted by molar-refractivity contribution is 7.88. The molecule has 0 bridgehead atoms. The molecule has 1 aromatic carbocycles. The third-order valence-electron chi connectivity index (χ3n) is 4.57. The first-order chi connectivity index (χ1) is 10.5. The van der Waals surface area contributed by atoms with Crippen LogP contribution < -0.4 is 0 Å². The quantitative estimate of drug-likeness (QED) is 0.842. The summed E-state index contributed by atoms with van der Waals surface area (Å²) >= 11 is 0. The van der Waals surface area contributed by atoms with E-state index in [0.29, 0.717) is 38.5 Å². The fraction of sp³-hybridized carbons (Fsp3) is 0.562. The fourth-order valence-electron chi connectivity index (χ4n) is 3.22. The summed E-state index contributed by atoms with van der Waals surface area (Å²) < 4.78 is 24.7. The van der Waals surface area contributed by atoms with Crippen molar-refractivity contribution >= 4 is 15.9 Å². The van der Waals surface area contributed by atoms with E-state index in [1.54, 1.807) is 0 Å². The van der Waals surface area contributed by atoms with Crippen molar-refractivity contribution in [3.63, 3.8) is 0 Å². The second kappa shape index (κ2) is 6.01. The van der Waals surface area contributed by atoms with E-state index in [4.69, 9.17) is 0 Å². The second-order valence-corrected chi connectivity index (χ2v) is 8.18. The molecule has 1 amide bonds. The van der Waals surface area contributed by atoms with Gasteiger partial charge in [-0.1, -0.05) is 30.3 Å². The number of carbonyl (C=O) groups excluding carboxylic acids is 1. The lowest BCUT2D eigenvalue weighted by Crippen LogP contribution is -2.37. The van der Waals surface area contributed by atoms with E-state index in [1.165, 1.54) is 16.1 Å². The van der Waals surface area contributed by atoms with Crippen molar-refractivity contribution in [1.29, 1.82) is 0 Å². The van der Waals surface area contributed by atoms with Gasteiger partial charge < -0.3 is 4.90 Å². The molecule has 5 nitrogen and oxygen atoms in total. The van der Waals surface area contributed by atoms with Crippen molar-refractivity contribution in [2.75, 3.05) is 32.4 Å². The molecule has 0 spiro atoms. The number of carbonyl (C=O) groups is 1. The van der Waals surface area contributed by atoms with E-state index in [1.807, 2.05) is 23.1 Å². The number of sulfonamides is 1. The molecule has 22 heavy (non-hydrogen) atoms. The van der Waals surface area contributed by atoms with Gasteiger partial charge in [-0.25, -0.2) is 12.7 Å². The zero-order valence-corrected chi connectivity index (χ0v) is 13.6. The third-order valence-corrected chi connectivity index (χ3v) is 5.87. The molecule has 120 valence electrons. The Morgan fingerprint density at radius 2 is 1.82 bits per heavy atom. The number of benzene rings is 1. The third kappa shape index (κ3) is 3.33. The van der Waals surface area contributed by atoms with Crippen LogP contribution in [0, 0.1) is 5.92 Å². The SMILES string of the molecule is CS(=O)(=O)N1CCCN(C(=O)[C@H]2C[C@@H]2c2ccccc2)CC1. The molecule has 0 unspecified atom stereocenters. The topological polar surface area (TPSA) is 57.7 Å². The first-order valence-electron chi connectivity index (χ1n) is 7.75. The summed E-state index contributed by atoms with van der Waals surface area (Å²) in [6.45, 7) is 2.08. The molecule has 2 atom stereocenters. The summed E-state index contributed by atoms with van der Waals surface area (Å²) in [7, 11) is -3.16. The normalized spacial score (nSPS) is 26.5. The Hall–Kier alpha value is -1.40. The van der Waals surface area contributed by atoms with Gasteiger partial charge in [0.1, 0.15) is 0 Å². The first kappa shape index (κ1) is 15.5. The molecule has 1 aliphatic carbocycles. The van der Waals surface area contributed by atoms with Crippen LogP contribution in [0.25, 0.3) is 0 Å². The molecule has 6 heteroatoms. The van der Waals surface area contributed by atoms with Crippen molar-refractivity contribution < 1.29 is 13.2 Å². The molecular formula is C16H22N2O3S. The van der Waals surface area contributed by atoms with Gasteiger partial charge in [0, 0.05) is 32.1 Å². The average Bonchev–Trinajstić information content (AvgIpc) is 3.30. The van der Waals surface area contributed by atoms with Gasteiger partial charge in [0.2, 0.25) is 15.9 Å². The molecule has 2 fully saturated rings. The Morgan fingerprint density at radius 1 is 1.09 bits per heavy atom. The molecule has 1 heterocycles. The molecule has 0 aromatic heterocycles. The van der Waals surface area contributed by atoms with Crippen molar-refractivity contribution in [1.82, 2.24) is 9.21 Å². The smallest absolute Gasteiger partial charge is 0.226 e. The number of amides is 1. The maximum absolute atomic E-state index is 12.6. The lowest BCUT2D eigenvalue weighted by molar-refractivity contribution is -0.132. The Labute approximate surface area is 132 Å². The van der Waals surface area contributed by atoms with Gasteiger partial charge in [-0.2, -0.15) is 0 Å². The fourth-order valence-corrected chi connectivity index (χ4v) is 4.09. The van der Waals surface area contributed by atoms with Gasteiger partial charge in [-0.3, -0.25) is 4.79 Å². The summed E-state index contributed by atoms with van der Waals surface area (Å²) in [4.78, 5) is 14.5. The van der Waals surface area contributed by atoms with Gasteiger partial charge in [-0.15, -0.1) is 0 Å². The number of rotatable bonds is 3. The molecule has 0 N–H and O–H groups in total. The van der Waals surface area contributed by atoms with Gasteiger partial charge >= 0.3 is 0 Å². The molecule has 1 aromatic rings. The Bertz CT molecular complexity index is 645. The van der Waals surface area contributed by atoms with E-state index >= 15 is 0 Å². The minimum absolute atomic E-state index is 0.0761. The summed E-state index contributed by atoms with van der Waals surface area (Å²) in [5.74, 6) is 0.597. The summed E-state index contributed by atoms with van der Waals surface area (Å²) in [6, 6.07) is 10.1. The summed E-state index contributed by atoms with van der Waals surface area (Å²) in [5.41, 5.74) is 1.23. The van der Waals surface area contributed by atoms with E-state index < -0.39 is 10.0 Å². The predicted molar refractivity (Wildman–Crippen MR) is 84.9 cm³/mol. The van der Waals surface area contributed by atoms with E-state index in [9.17, 15) is 13.2 Å². The predicted octanol–water partition coefficient (Wildman–Crippen LogP) is 1.28. The van der Waals surface area contributed by atoms with Crippen LogP contribution in [0.15, 0.2) is 30.3 Å². The monoisotopic (exact) mass is 322 g/mol. The standard InChI is InChI=1S/C16H22N2O3S/c1-22(20,21)18-9-5-8-17(10-11-18)16(19)15-12-14(15)13-6-3-2-4-7-13/h2-4,6-7,14-15H,5,8-12H2,1H3/t14-,15+/m1/s1. The molecular weight excluding hydrogens is 300 g/mol. The van der Waals surface area contributed by atoms with Gasteiger partial charge in [-0.05, 0) is 24.3 Å². The Kier molecular flexibility index (Phi) is 4.23. The summed E-state index contributed by atoms with van der Waals surface area (Å²) in [5, 5.41) is 0. The van der Waals surface area contributed by atoms with Gasteiger partial charge in [0.25, 0.3) is 0 Å². The van der Waals surface area contributed by atoms with Gasteiger partial charge in [0.05, 0.1) is 6.26 Å². The van der Waals surface area contributed by atoms with Crippen LogP contribution in [0.5, 0.6) is 0 Å². The molecule has 3 rings (SSSR count). The zero-order chi connectivity index (χ0) is 15.7. The maximum atomic E-state index is 12.6. The van der Waals surface area contributed by atoms with E-state index in [0.717, 1.165) is 6.42 Å². The minimum atomic E-state index is -3.16. The van der Waals surface area contributed by atoms with Crippen LogP contribution >= 0.6 is 0 Å². The maximum Gasteiger partial charge on any atom is 0.226 e. The highest BCUT2D eigenvalue weighted by atomic mass is 32.2. The molecule has 0 radical (unpaired) electrons. The van der Waals surface area contributed by atoms with E-state index in [2.05, 4.69) is 12.1 Å². The number of hydrogen-bond donors (Lipinski definition) is 0. The largest absolute Gasteiger partial charge is 0.341 e. The molecule has 2 aliphatic rings. The first-order valence-corrected chi connectivity index (χ1v) is 9.60. The van der Waals surface area contributed by atoms with E-state index in [-0.39, 0.29) is 11.8 Å². The zero-order valence-electron chi connectivity index (χ0n) is 12.8. The molecule has 1 saturated heterocycles. The second-order valence-electron chi connectivity index (χ2n) is 6.20. The minimum Gasteiger partial charge on any atom is -0.341 e. The highest BCUT2D eigenvalue weighted by Crippen LogP contribution is 2.48. The van der Waals surface area contributed by atoms with Crippen molar-refractivity contribution in [3.8, 4) is 0 Å². The van der Waals surface area contributed by atoms with Gasteiger partial charge in [0.15, 0.2) is 0 Å². The Balaban J connectivity index is 1.60. The van der Waals surface area contributed by atoms with Crippen LogP contribution in [0.3, 0.4) is 0 Å². The van der Waals surface area contributed by atoms with Crippen LogP contribution in [-0.4, -0.2) is 56.0 Å². The van der Waals surface area contributed by atoms with Crippen LogP contribution in [0.2, 0.25) is 0 Å². The Morgan fingerprint density at radius 3 is 2.50 bits per heavy atom. The van der Waals surface area contributed by atoms with Crippen molar-refractivity contribution in [2.45, 2.75) is 18.8 Å². The van der Waals surface area contributed by atoms with Crippen molar-refractivity contribution in [2.24, 2.45) is 5.92 Å². The van der Waals surface area contributed by atoms with Crippen molar-refractivity contribution in [3.05, 3.63) is 35.9 Å². The lowest BCUT2D eigenvalue weighted by Gasteiger charge is -2.21. The lowest BCUT2D eigenvalue weighted by atomic mass is 10.1. The van der Waals surface area contributed by atoms with Crippen LogP contribution in [-0.2, 0) is 14.8 Å². The average molecular weight is 322 g/mol. The van der Waals surface area contributed by atoms with Crippen LogP contribution in [0.4, 0.5) is 0 Å². The van der Waals surface area contributed by atoms with Crippen LogP contribution in [0.1, 0.15) is 24.3 Å². The molecule has 1 saturated carbocycles. The highest BCUT2D eigenvalue weighted by Gasteiger charge is 2.45. The summed E-state index contributed by atoms with van der Waals surface area (Å²) in [6.07, 6.45) is 2.85. The molecule has 1 aliphatic heterocycles. The number of nitrogens with zero attached hydrogens (tertiary/aromatic N) is 2.